The molecule has 20 heavy (non-hydrogen) atoms. The molecule has 2 aliphatic rings. The van der Waals surface area contributed by atoms with E-state index in [-0.39, 0.29) is 5.54 Å². The fourth-order valence-electron chi connectivity index (χ4n) is 4.90. The zero-order chi connectivity index (χ0) is 14.8. The van der Waals surface area contributed by atoms with Crippen molar-refractivity contribution in [3.63, 3.8) is 0 Å². The van der Waals surface area contributed by atoms with Gasteiger partial charge in [-0.3, -0.25) is 9.80 Å². The van der Waals surface area contributed by atoms with Gasteiger partial charge in [0, 0.05) is 24.7 Å². The lowest BCUT2D eigenvalue weighted by Crippen LogP contribution is -2.58. The van der Waals surface area contributed by atoms with E-state index in [1.54, 1.807) is 0 Å². The van der Waals surface area contributed by atoms with Gasteiger partial charge in [0.1, 0.15) is 0 Å². The van der Waals surface area contributed by atoms with E-state index in [0.29, 0.717) is 0 Å². The molecule has 1 saturated heterocycles. The molecule has 3 nitrogen and oxygen atoms in total. The van der Waals surface area contributed by atoms with Crippen LogP contribution in [0.5, 0.6) is 0 Å². The number of nitrogens with zero attached hydrogens (tertiary/aromatic N) is 2. The van der Waals surface area contributed by atoms with E-state index in [1.165, 1.54) is 51.7 Å². The molecule has 3 atom stereocenters. The molecule has 118 valence electrons. The lowest BCUT2D eigenvalue weighted by molar-refractivity contribution is 0.0234. The van der Waals surface area contributed by atoms with Crippen LogP contribution in [-0.4, -0.2) is 54.6 Å². The fraction of sp³-hybridized carbons (Fsp3) is 1.00. The maximum Gasteiger partial charge on any atom is 0.0334 e. The van der Waals surface area contributed by atoms with Crippen LogP contribution in [0.1, 0.15) is 52.9 Å². The molecule has 3 heteroatoms. The van der Waals surface area contributed by atoms with Gasteiger partial charge in [-0.1, -0.05) is 20.8 Å². The van der Waals surface area contributed by atoms with Gasteiger partial charge in [-0.2, -0.15) is 0 Å². The third kappa shape index (κ3) is 3.37. The summed E-state index contributed by atoms with van der Waals surface area (Å²) in [6, 6.07) is 0.751. The van der Waals surface area contributed by atoms with Crippen LogP contribution in [-0.2, 0) is 0 Å². The summed E-state index contributed by atoms with van der Waals surface area (Å²) in [5, 5.41) is 0. The molecule has 2 N–H and O–H groups in total. The molecule has 1 saturated carbocycles. The number of nitrogens with two attached hydrogens (primary N) is 1. The van der Waals surface area contributed by atoms with Crippen molar-refractivity contribution in [3.8, 4) is 0 Å². The average Bonchev–Trinajstić information content (AvgIpc) is 2.84. The van der Waals surface area contributed by atoms with Gasteiger partial charge < -0.3 is 5.73 Å². The summed E-state index contributed by atoms with van der Waals surface area (Å²) >= 11 is 0. The van der Waals surface area contributed by atoms with Gasteiger partial charge >= 0.3 is 0 Å². The first-order valence-corrected chi connectivity index (χ1v) is 8.66. The molecule has 0 aromatic heterocycles. The lowest BCUT2D eigenvalue weighted by atomic mass is 9.70. The molecule has 0 spiro atoms. The van der Waals surface area contributed by atoms with E-state index in [4.69, 9.17) is 5.73 Å². The van der Waals surface area contributed by atoms with Gasteiger partial charge in [-0.15, -0.1) is 0 Å². The quantitative estimate of drug-likeness (QED) is 0.840. The molecule has 2 fully saturated rings. The summed E-state index contributed by atoms with van der Waals surface area (Å²) in [4.78, 5) is 5.27. The molecule has 0 aromatic carbocycles. The van der Waals surface area contributed by atoms with Crippen molar-refractivity contribution in [2.75, 3.05) is 33.2 Å². The third-order valence-electron chi connectivity index (χ3n) is 5.84. The maximum absolute atomic E-state index is 6.25. The predicted octanol–water partition coefficient (Wildman–Crippen LogP) is 2.56. The Morgan fingerprint density at radius 2 is 1.90 bits per heavy atom. The van der Waals surface area contributed by atoms with Gasteiger partial charge in [0.2, 0.25) is 0 Å². The summed E-state index contributed by atoms with van der Waals surface area (Å²) in [7, 11) is 2.32. The van der Waals surface area contributed by atoms with Gasteiger partial charge in [-0.25, -0.2) is 0 Å². The highest BCUT2D eigenvalue weighted by Crippen LogP contribution is 2.39. The Morgan fingerprint density at radius 3 is 2.45 bits per heavy atom. The summed E-state index contributed by atoms with van der Waals surface area (Å²) in [5.41, 5.74) is 6.50. The molecule has 1 aliphatic heterocycles. The molecular weight excluding hydrogens is 246 g/mol. The molecule has 1 heterocycles. The minimum atomic E-state index is 0.249. The van der Waals surface area contributed by atoms with Crippen LogP contribution in [0.2, 0.25) is 0 Å². The van der Waals surface area contributed by atoms with Crippen LogP contribution in [0.3, 0.4) is 0 Å². The Kier molecular flexibility index (Phi) is 5.49. The summed E-state index contributed by atoms with van der Waals surface area (Å²) in [6.07, 6.45) is 6.67. The van der Waals surface area contributed by atoms with Crippen molar-refractivity contribution < 1.29 is 0 Å². The highest BCUT2D eigenvalue weighted by Gasteiger charge is 2.41. The Bertz CT molecular complexity index is 295. The van der Waals surface area contributed by atoms with Crippen molar-refractivity contribution in [2.24, 2.45) is 17.6 Å². The molecule has 1 aliphatic carbocycles. The van der Waals surface area contributed by atoms with Crippen LogP contribution < -0.4 is 5.73 Å². The van der Waals surface area contributed by atoms with Crippen LogP contribution in [0.4, 0.5) is 0 Å². The maximum atomic E-state index is 6.25. The number of hydrogen-bond donors (Lipinski definition) is 1. The Labute approximate surface area is 125 Å². The number of likely N-dealkylation sites (tertiary alicyclic amines) is 1. The van der Waals surface area contributed by atoms with Gasteiger partial charge in [-0.05, 0) is 64.1 Å². The zero-order valence-corrected chi connectivity index (χ0v) is 14.1. The second-order valence-corrected chi connectivity index (χ2v) is 7.59. The van der Waals surface area contributed by atoms with Gasteiger partial charge in [0.05, 0.1) is 0 Å². The first kappa shape index (κ1) is 16.3. The molecule has 0 radical (unpaired) electrons. The normalized spacial score (nSPS) is 39.6. The minimum Gasteiger partial charge on any atom is -0.329 e. The van der Waals surface area contributed by atoms with E-state index in [1.807, 2.05) is 0 Å². The largest absolute Gasteiger partial charge is 0.329 e. The van der Waals surface area contributed by atoms with Crippen molar-refractivity contribution in [2.45, 2.75) is 64.5 Å². The fourth-order valence-corrected chi connectivity index (χ4v) is 4.90. The molecule has 3 unspecified atom stereocenters. The standard InChI is InChI=1S/C17H35N3/c1-5-20-8-6-7-16(20)12-19(4)17(13-18)10-14(2)9-15(3)11-17/h14-16H,5-13,18H2,1-4H3. The van der Waals surface area contributed by atoms with Gasteiger partial charge in [0.25, 0.3) is 0 Å². The number of rotatable bonds is 5. The van der Waals surface area contributed by atoms with Gasteiger partial charge in [0.15, 0.2) is 0 Å². The minimum absolute atomic E-state index is 0.249. The topological polar surface area (TPSA) is 32.5 Å². The zero-order valence-electron chi connectivity index (χ0n) is 14.1. The van der Waals surface area contributed by atoms with Crippen molar-refractivity contribution in [1.29, 1.82) is 0 Å². The Morgan fingerprint density at radius 1 is 1.25 bits per heavy atom. The van der Waals surface area contributed by atoms with E-state index >= 15 is 0 Å². The van der Waals surface area contributed by atoms with E-state index < -0.39 is 0 Å². The Balaban J connectivity index is 2.02. The molecule has 0 amide bonds. The first-order valence-electron chi connectivity index (χ1n) is 8.66. The monoisotopic (exact) mass is 281 g/mol. The number of likely N-dealkylation sites (N-methyl/N-ethyl adjacent to an activating group) is 2. The Hall–Kier alpha value is -0.120. The highest BCUT2D eigenvalue weighted by molar-refractivity contribution is 4.98. The highest BCUT2D eigenvalue weighted by atomic mass is 15.3. The van der Waals surface area contributed by atoms with E-state index in [0.717, 1.165) is 24.4 Å². The second kappa shape index (κ2) is 6.76. The molecule has 0 aromatic rings. The van der Waals surface area contributed by atoms with Crippen LogP contribution in [0, 0.1) is 11.8 Å². The van der Waals surface area contributed by atoms with Crippen LogP contribution in [0.15, 0.2) is 0 Å². The predicted molar refractivity (Wildman–Crippen MR) is 86.9 cm³/mol. The average molecular weight is 281 g/mol. The molecule has 0 bridgehead atoms. The van der Waals surface area contributed by atoms with E-state index in [9.17, 15) is 0 Å². The van der Waals surface area contributed by atoms with E-state index in [2.05, 4.69) is 37.6 Å². The second-order valence-electron chi connectivity index (χ2n) is 7.59. The van der Waals surface area contributed by atoms with Crippen LogP contribution in [0.25, 0.3) is 0 Å². The lowest BCUT2D eigenvalue weighted by Gasteiger charge is -2.49. The summed E-state index contributed by atoms with van der Waals surface area (Å²) < 4.78 is 0. The molecule has 2 rings (SSSR count). The third-order valence-corrected chi connectivity index (χ3v) is 5.84. The van der Waals surface area contributed by atoms with Crippen molar-refractivity contribution in [1.82, 2.24) is 9.80 Å². The SMILES string of the molecule is CCN1CCCC1CN(C)C1(CN)CC(C)CC(C)C1. The number of hydrogen-bond acceptors (Lipinski definition) is 3. The summed E-state index contributed by atoms with van der Waals surface area (Å²) in [6.45, 7) is 11.6. The van der Waals surface area contributed by atoms with Crippen molar-refractivity contribution >= 4 is 0 Å². The smallest absolute Gasteiger partial charge is 0.0334 e. The summed E-state index contributed by atoms with van der Waals surface area (Å²) in [5.74, 6) is 1.63. The first-order chi connectivity index (χ1) is 9.50. The van der Waals surface area contributed by atoms with Crippen LogP contribution >= 0.6 is 0 Å². The van der Waals surface area contributed by atoms with Crippen molar-refractivity contribution in [3.05, 3.63) is 0 Å². The molecular formula is C17H35N3.